The minimum absolute atomic E-state index is 0.0344. The number of pyridine rings is 1. The number of nitrogens with zero attached hydrogens (tertiary/aromatic N) is 4. The number of nitro groups is 1. The molecule has 0 unspecified atom stereocenters. The summed E-state index contributed by atoms with van der Waals surface area (Å²) >= 11 is 5.76. The van der Waals surface area contributed by atoms with Gasteiger partial charge in [0.05, 0.1) is 35.5 Å². The highest BCUT2D eigenvalue weighted by atomic mass is 32.1. The van der Waals surface area contributed by atoms with E-state index in [0.29, 0.717) is 16.5 Å². The van der Waals surface area contributed by atoms with Gasteiger partial charge in [-0.3, -0.25) is 15.1 Å². The summed E-state index contributed by atoms with van der Waals surface area (Å²) in [6.07, 6.45) is 1.73. The maximum Gasteiger partial charge on any atom is 0.271 e. The van der Waals surface area contributed by atoms with Crippen molar-refractivity contribution in [1.82, 2.24) is 14.9 Å². The number of hydrogen-bond acceptors (Lipinski definition) is 5. The molecule has 1 aliphatic heterocycles. The Kier molecular flexibility index (Phi) is 6.34. The van der Waals surface area contributed by atoms with Crippen molar-refractivity contribution in [2.24, 2.45) is 0 Å². The van der Waals surface area contributed by atoms with Crippen molar-refractivity contribution in [3.63, 3.8) is 0 Å². The Morgan fingerprint density at radius 1 is 1.11 bits per heavy atom. The number of aromatic nitrogens is 2. The minimum Gasteiger partial charge on any atom is -0.495 e. The first-order chi connectivity index (χ1) is 17.8. The van der Waals surface area contributed by atoms with E-state index in [-0.39, 0.29) is 23.6 Å². The molecule has 1 saturated heterocycles. The fourth-order valence-corrected chi connectivity index (χ4v) is 5.32. The smallest absolute Gasteiger partial charge is 0.271 e. The van der Waals surface area contributed by atoms with Gasteiger partial charge in [0.25, 0.3) is 5.69 Å². The van der Waals surface area contributed by atoms with Crippen molar-refractivity contribution in [3.05, 3.63) is 112 Å². The number of ether oxygens (including phenoxy) is 1. The topological polar surface area (TPSA) is 85.5 Å². The second kappa shape index (κ2) is 9.62. The molecule has 10 heteroatoms. The summed E-state index contributed by atoms with van der Waals surface area (Å²) < 4.78 is 21.3. The molecule has 3 heterocycles. The van der Waals surface area contributed by atoms with Crippen LogP contribution in [-0.4, -0.2) is 26.7 Å². The number of aryl methyl sites for hydroxylation is 1. The highest BCUT2D eigenvalue weighted by Crippen LogP contribution is 2.44. The van der Waals surface area contributed by atoms with Gasteiger partial charge in [-0.1, -0.05) is 6.07 Å². The third kappa shape index (κ3) is 4.29. The largest absolute Gasteiger partial charge is 0.495 e. The van der Waals surface area contributed by atoms with E-state index < -0.39 is 4.92 Å². The molecule has 8 nitrogen and oxygen atoms in total. The van der Waals surface area contributed by atoms with Crippen LogP contribution in [0.4, 0.5) is 15.8 Å². The summed E-state index contributed by atoms with van der Waals surface area (Å²) in [5.74, 6) is 0.172. The first-order valence-corrected chi connectivity index (χ1v) is 12.0. The SMILES string of the molecule is COc1ccc([N+](=O)[O-])cc1-n1c(C)cc([C@@H]2[C@H](c3ccccn3)NC(=S)N2c2ccc(F)cc2)c1C. The Morgan fingerprint density at radius 3 is 2.51 bits per heavy atom. The Balaban J connectivity index is 1.70. The van der Waals surface area contributed by atoms with Crippen LogP contribution in [0.25, 0.3) is 5.69 Å². The number of anilines is 1. The molecule has 2 aromatic heterocycles. The van der Waals surface area contributed by atoms with E-state index >= 15 is 0 Å². The van der Waals surface area contributed by atoms with E-state index in [0.717, 1.165) is 28.3 Å². The lowest BCUT2D eigenvalue weighted by Gasteiger charge is -2.28. The lowest BCUT2D eigenvalue weighted by molar-refractivity contribution is -0.384. The van der Waals surface area contributed by atoms with Crippen LogP contribution in [0.15, 0.2) is 72.9 Å². The molecule has 4 aromatic rings. The third-order valence-electron chi connectivity index (χ3n) is 6.61. The summed E-state index contributed by atoms with van der Waals surface area (Å²) in [5.41, 5.74) is 4.74. The van der Waals surface area contributed by atoms with Crippen LogP contribution in [0.2, 0.25) is 0 Å². The number of rotatable bonds is 6. The molecule has 1 aliphatic rings. The zero-order chi connectivity index (χ0) is 26.3. The third-order valence-corrected chi connectivity index (χ3v) is 6.92. The fourth-order valence-electron chi connectivity index (χ4n) is 4.98. The van der Waals surface area contributed by atoms with E-state index in [2.05, 4.69) is 10.3 Å². The number of hydrogen-bond donors (Lipinski definition) is 1. The summed E-state index contributed by atoms with van der Waals surface area (Å²) in [4.78, 5) is 17.6. The van der Waals surface area contributed by atoms with Crippen molar-refractivity contribution in [1.29, 1.82) is 0 Å². The average molecular weight is 518 g/mol. The highest BCUT2D eigenvalue weighted by Gasteiger charge is 2.42. The standard InChI is InChI=1S/C27H24FN5O3S/c1-16-14-21(17(2)31(16)23-15-20(33(34)35)11-12-24(23)36-3)26-25(22-6-4-5-13-29-22)30-27(37)32(26)19-9-7-18(28)8-10-19/h4-15,25-26H,1-3H3,(H,30,37)/t25-,26+/m0/s1. The summed E-state index contributed by atoms with van der Waals surface area (Å²) in [7, 11) is 1.53. The van der Waals surface area contributed by atoms with Crippen molar-refractivity contribution in [2.45, 2.75) is 25.9 Å². The molecule has 1 N–H and O–H groups in total. The lowest BCUT2D eigenvalue weighted by Crippen LogP contribution is -2.29. The van der Waals surface area contributed by atoms with Crippen LogP contribution in [-0.2, 0) is 0 Å². The van der Waals surface area contributed by atoms with Crippen molar-refractivity contribution in [3.8, 4) is 11.4 Å². The van der Waals surface area contributed by atoms with Crippen LogP contribution in [0, 0.1) is 29.8 Å². The molecule has 0 bridgehead atoms. The molecule has 1 fully saturated rings. The summed E-state index contributed by atoms with van der Waals surface area (Å²) in [5, 5.41) is 15.4. The number of nitrogens with one attached hydrogen (secondary N) is 1. The maximum atomic E-state index is 13.8. The second-order valence-corrected chi connectivity index (χ2v) is 9.13. The fraction of sp³-hybridized carbons (Fsp3) is 0.185. The monoisotopic (exact) mass is 517 g/mol. The number of benzene rings is 2. The van der Waals surface area contributed by atoms with Gasteiger partial charge >= 0.3 is 0 Å². The number of nitro benzene ring substituents is 1. The van der Waals surface area contributed by atoms with Gasteiger partial charge in [0.2, 0.25) is 0 Å². The molecule has 0 amide bonds. The molecule has 0 spiro atoms. The van der Waals surface area contributed by atoms with Gasteiger partial charge in [-0.25, -0.2) is 4.39 Å². The highest BCUT2D eigenvalue weighted by molar-refractivity contribution is 7.80. The van der Waals surface area contributed by atoms with Crippen LogP contribution >= 0.6 is 12.2 Å². The molecular weight excluding hydrogens is 493 g/mol. The Morgan fingerprint density at radius 2 is 1.86 bits per heavy atom. The van der Waals surface area contributed by atoms with Crippen LogP contribution in [0.5, 0.6) is 5.75 Å². The van der Waals surface area contributed by atoms with Gasteiger partial charge in [-0.2, -0.15) is 0 Å². The van der Waals surface area contributed by atoms with E-state index in [9.17, 15) is 14.5 Å². The van der Waals surface area contributed by atoms with Crippen LogP contribution in [0.3, 0.4) is 0 Å². The molecule has 0 aliphatic carbocycles. The van der Waals surface area contributed by atoms with Crippen LogP contribution < -0.4 is 15.0 Å². The van der Waals surface area contributed by atoms with E-state index in [4.69, 9.17) is 17.0 Å². The zero-order valence-corrected chi connectivity index (χ0v) is 21.2. The summed E-state index contributed by atoms with van der Waals surface area (Å²) in [6, 6.07) is 17.9. The number of halogens is 1. The predicted octanol–water partition coefficient (Wildman–Crippen LogP) is 5.72. The van der Waals surface area contributed by atoms with Crippen molar-refractivity contribution in [2.75, 3.05) is 12.0 Å². The summed E-state index contributed by atoms with van der Waals surface area (Å²) in [6.45, 7) is 3.90. The Hall–Kier alpha value is -4.31. The van der Waals surface area contributed by atoms with E-state index in [1.807, 2.05) is 47.6 Å². The first-order valence-electron chi connectivity index (χ1n) is 11.6. The Labute approximate surface area is 218 Å². The first kappa shape index (κ1) is 24.4. The predicted molar refractivity (Wildman–Crippen MR) is 143 cm³/mol. The molecule has 2 aromatic carbocycles. The van der Waals surface area contributed by atoms with Crippen molar-refractivity contribution >= 4 is 28.7 Å². The van der Waals surface area contributed by atoms with E-state index in [1.54, 1.807) is 24.4 Å². The molecule has 188 valence electrons. The van der Waals surface area contributed by atoms with Gasteiger partial charge in [0, 0.05) is 35.4 Å². The number of non-ortho nitro benzene ring substituents is 1. The van der Waals surface area contributed by atoms with Gasteiger partial charge in [0.1, 0.15) is 11.6 Å². The quantitative estimate of drug-likeness (QED) is 0.199. The normalized spacial score (nSPS) is 17.1. The minimum atomic E-state index is -0.426. The van der Waals surface area contributed by atoms with Gasteiger partial charge < -0.3 is 19.5 Å². The van der Waals surface area contributed by atoms with E-state index in [1.165, 1.54) is 31.4 Å². The molecule has 5 rings (SSSR count). The van der Waals surface area contributed by atoms with Crippen molar-refractivity contribution < 1.29 is 14.1 Å². The number of thiocarbonyl (C=S) groups is 1. The van der Waals surface area contributed by atoms with Gasteiger partial charge in [-0.15, -0.1) is 0 Å². The molecular formula is C27H24FN5O3S. The second-order valence-electron chi connectivity index (χ2n) is 8.75. The molecule has 37 heavy (non-hydrogen) atoms. The molecule has 0 saturated carbocycles. The average Bonchev–Trinajstić information content (AvgIpc) is 3.39. The lowest BCUT2D eigenvalue weighted by atomic mass is 9.96. The van der Waals surface area contributed by atoms with Gasteiger partial charge in [0.15, 0.2) is 5.11 Å². The van der Waals surface area contributed by atoms with Gasteiger partial charge in [-0.05, 0) is 80.2 Å². The molecule has 2 atom stereocenters. The maximum absolute atomic E-state index is 13.8. The zero-order valence-electron chi connectivity index (χ0n) is 20.4. The number of methoxy groups -OCH3 is 1. The van der Waals surface area contributed by atoms with Crippen LogP contribution in [0.1, 0.15) is 34.7 Å². The Bertz CT molecular complexity index is 1490. The molecule has 0 radical (unpaired) electrons.